The molecule has 0 bridgehead atoms. The standard InChI is InChI=1S/C14H15F3N2O2/c1-3-19(9-14(15,16)17)13(20)10(2)21-12-6-4-11(8-18)5-7-12/h4-7,10H,3,9H2,1-2H3. The fourth-order valence-corrected chi connectivity index (χ4v) is 1.68. The molecular weight excluding hydrogens is 285 g/mol. The molecule has 7 heteroatoms. The summed E-state index contributed by atoms with van der Waals surface area (Å²) in [5.41, 5.74) is 0.425. The Labute approximate surface area is 120 Å². The summed E-state index contributed by atoms with van der Waals surface area (Å²) >= 11 is 0. The topological polar surface area (TPSA) is 53.3 Å². The number of nitriles is 1. The Morgan fingerprint density at radius 3 is 2.38 bits per heavy atom. The highest BCUT2D eigenvalue weighted by Gasteiger charge is 2.34. The molecule has 1 atom stereocenters. The van der Waals surface area contributed by atoms with E-state index in [1.807, 2.05) is 6.07 Å². The largest absolute Gasteiger partial charge is 0.481 e. The van der Waals surface area contributed by atoms with Crippen LogP contribution in [0.2, 0.25) is 0 Å². The number of likely N-dealkylation sites (N-methyl/N-ethyl adjacent to an activating group) is 1. The summed E-state index contributed by atoms with van der Waals surface area (Å²) in [4.78, 5) is 12.6. The van der Waals surface area contributed by atoms with Crippen LogP contribution in [0.3, 0.4) is 0 Å². The van der Waals surface area contributed by atoms with Crippen LogP contribution in [-0.2, 0) is 4.79 Å². The molecule has 0 heterocycles. The van der Waals surface area contributed by atoms with Gasteiger partial charge < -0.3 is 9.64 Å². The molecule has 1 unspecified atom stereocenters. The molecule has 1 aromatic carbocycles. The van der Waals surface area contributed by atoms with Gasteiger partial charge in [-0.05, 0) is 38.1 Å². The lowest BCUT2D eigenvalue weighted by Crippen LogP contribution is -2.44. The maximum Gasteiger partial charge on any atom is 0.406 e. The Bertz CT molecular complexity index is 521. The summed E-state index contributed by atoms with van der Waals surface area (Å²) in [6.07, 6.45) is -5.49. The van der Waals surface area contributed by atoms with Gasteiger partial charge in [0.05, 0.1) is 11.6 Å². The second-order valence-corrected chi connectivity index (χ2v) is 4.36. The number of amides is 1. The first-order valence-electron chi connectivity index (χ1n) is 6.29. The van der Waals surface area contributed by atoms with E-state index < -0.39 is 24.7 Å². The molecule has 0 spiro atoms. The number of benzene rings is 1. The van der Waals surface area contributed by atoms with E-state index >= 15 is 0 Å². The van der Waals surface area contributed by atoms with Gasteiger partial charge in [-0.3, -0.25) is 4.79 Å². The number of nitrogens with zero attached hydrogens (tertiary/aromatic N) is 2. The lowest BCUT2D eigenvalue weighted by atomic mass is 10.2. The van der Waals surface area contributed by atoms with Crippen LogP contribution in [0.1, 0.15) is 19.4 Å². The molecule has 0 saturated carbocycles. The third-order valence-electron chi connectivity index (χ3n) is 2.71. The average Bonchev–Trinajstić information content (AvgIpc) is 2.43. The van der Waals surface area contributed by atoms with E-state index in [2.05, 4.69) is 0 Å². The van der Waals surface area contributed by atoms with E-state index in [4.69, 9.17) is 10.00 Å². The fraction of sp³-hybridized carbons (Fsp3) is 0.429. The number of hydrogen-bond donors (Lipinski definition) is 0. The summed E-state index contributed by atoms with van der Waals surface area (Å²) in [5, 5.41) is 8.65. The Kier molecular flexibility index (Phi) is 5.59. The predicted octanol–water partition coefficient (Wildman–Crippen LogP) is 2.74. The SMILES string of the molecule is CCN(CC(F)(F)F)C(=O)C(C)Oc1ccc(C#N)cc1. The van der Waals surface area contributed by atoms with E-state index in [-0.39, 0.29) is 6.54 Å². The highest BCUT2D eigenvalue weighted by Crippen LogP contribution is 2.18. The lowest BCUT2D eigenvalue weighted by Gasteiger charge is -2.25. The average molecular weight is 300 g/mol. The predicted molar refractivity (Wildman–Crippen MR) is 69.6 cm³/mol. The van der Waals surface area contributed by atoms with Gasteiger partial charge in [0.2, 0.25) is 0 Å². The van der Waals surface area contributed by atoms with Crippen LogP contribution in [0, 0.1) is 11.3 Å². The summed E-state index contributed by atoms with van der Waals surface area (Å²) in [7, 11) is 0. The van der Waals surface area contributed by atoms with Crippen LogP contribution in [0.15, 0.2) is 24.3 Å². The van der Waals surface area contributed by atoms with Crippen molar-refractivity contribution in [3.8, 4) is 11.8 Å². The van der Waals surface area contributed by atoms with Crippen molar-refractivity contribution in [1.29, 1.82) is 5.26 Å². The van der Waals surface area contributed by atoms with Gasteiger partial charge in [-0.15, -0.1) is 0 Å². The zero-order valence-electron chi connectivity index (χ0n) is 11.6. The van der Waals surface area contributed by atoms with Crippen LogP contribution in [0.5, 0.6) is 5.75 Å². The Morgan fingerprint density at radius 2 is 1.95 bits per heavy atom. The van der Waals surface area contributed by atoms with Crippen molar-refractivity contribution >= 4 is 5.91 Å². The van der Waals surface area contributed by atoms with Gasteiger partial charge in [0.1, 0.15) is 12.3 Å². The maximum absolute atomic E-state index is 12.4. The second kappa shape index (κ2) is 6.97. The molecule has 4 nitrogen and oxygen atoms in total. The maximum atomic E-state index is 12.4. The van der Waals surface area contributed by atoms with E-state index in [1.54, 1.807) is 0 Å². The van der Waals surface area contributed by atoms with Gasteiger partial charge >= 0.3 is 6.18 Å². The fourth-order valence-electron chi connectivity index (χ4n) is 1.68. The first kappa shape index (κ1) is 16.8. The first-order valence-corrected chi connectivity index (χ1v) is 6.29. The number of hydrogen-bond acceptors (Lipinski definition) is 3. The molecule has 1 amide bonds. The molecule has 1 aromatic rings. The minimum absolute atomic E-state index is 0.0561. The number of halogens is 3. The minimum atomic E-state index is -4.44. The minimum Gasteiger partial charge on any atom is -0.481 e. The number of carbonyl (C=O) groups is 1. The molecule has 114 valence electrons. The van der Waals surface area contributed by atoms with Gasteiger partial charge in [0.25, 0.3) is 5.91 Å². The van der Waals surface area contributed by atoms with Crippen LogP contribution < -0.4 is 4.74 Å². The quantitative estimate of drug-likeness (QED) is 0.840. The zero-order chi connectivity index (χ0) is 16.0. The Hall–Kier alpha value is -2.23. The monoisotopic (exact) mass is 300 g/mol. The smallest absolute Gasteiger partial charge is 0.406 e. The van der Waals surface area contributed by atoms with E-state index in [9.17, 15) is 18.0 Å². The van der Waals surface area contributed by atoms with E-state index in [1.165, 1.54) is 38.1 Å². The van der Waals surface area contributed by atoms with Gasteiger partial charge in [-0.25, -0.2) is 0 Å². The third kappa shape index (κ3) is 5.34. The molecule has 0 saturated heterocycles. The highest BCUT2D eigenvalue weighted by atomic mass is 19.4. The zero-order valence-corrected chi connectivity index (χ0v) is 11.6. The van der Waals surface area contributed by atoms with Crippen LogP contribution in [0.25, 0.3) is 0 Å². The molecule has 0 aromatic heterocycles. The Morgan fingerprint density at radius 1 is 1.38 bits per heavy atom. The van der Waals surface area contributed by atoms with Gasteiger partial charge in [0.15, 0.2) is 6.10 Å². The second-order valence-electron chi connectivity index (χ2n) is 4.36. The third-order valence-corrected chi connectivity index (χ3v) is 2.71. The number of carbonyl (C=O) groups excluding carboxylic acids is 1. The van der Waals surface area contributed by atoms with Crippen molar-refractivity contribution in [1.82, 2.24) is 4.90 Å². The highest BCUT2D eigenvalue weighted by molar-refractivity contribution is 5.80. The molecular formula is C14H15F3N2O2. The van der Waals surface area contributed by atoms with Gasteiger partial charge in [-0.1, -0.05) is 0 Å². The number of rotatable bonds is 5. The molecule has 0 N–H and O–H groups in total. The van der Waals surface area contributed by atoms with Crippen molar-refractivity contribution in [2.24, 2.45) is 0 Å². The molecule has 0 fully saturated rings. The lowest BCUT2D eigenvalue weighted by molar-refractivity contribution is -0.164. The summed E-state index contributed by atoms with van der Waals surface area (Å²) in [6.45, 7) is 1.50. The molecule has 21 heavy (non-hydrogen) atoms. The van der Waals surface area contributed by atoms with Crippen molar-refractivity contribution in [2.75, 3.05) is 13.1 Å². The van der Waals surface area contributed by atoms with Crippen LogP contribution in [-0.4, -0.2) is 36.2 Å². The summed E-state index contributed by atoms with van der Waals surface area (Å²) in [6, 6.07) is 7.90. The summed E-state index contributed by atoms with van der Waals surface area (Å²) < 4.78 is 42.4. The molecule has 0 radical (unpaired) electrons. The van der Waals surface area contributed by atoms with Gasteiger partial charge in [-0.2, -0.15) is 18.4 Å². The van der Waals surface area contributed by atoms with Crippen molar-refractivity contribution < 1.29 is 22.7 Å². The summed E-state index contributed by atoms with van der Waals surface area (Å²) in [5.74, 6) is -0.419. The van der Waals surface area contributed by atoms with Crippen molar-refractivity contribution in [2.45, 2.75) is 26.1 Å². The number of ether oxygens (including phenoxy) is 1. The molecule has 1 rings (SSSR count). The molecule has 0 aliphatic rings. The van der Waals surface area contributed by atoms with Crippen molar-refractivity contribution in [3.05, 3.63) is 29.8 Å². The molecule has 0 aliphatic carbocycles. The van der Waals surface area contributed by atoms with E-state index in [0.717, 1.165) is 0 Å². The van der Waals surface area contributed by atoms with Crippen molar-refractivity contribution in [3.63, 3.8) is 0 Å². The molecule has 0 aliphatic heterocycles. The van der Waals surface area contributed by atoms with Crippen LogP contribution >= 0.6 is 0 Å². The number of alkyl halides is 3. The normalized spacial score (nSPS) is 12.4. The first-order chi connectivity index (χ1) is 9.76. The van der Waals surface area contributed by atoms with Gasteiger partial charge in [0, 0.05) is 6.54 Å². The van der Waals surface area contributed by atoms with E-state index in [0.29, 0.717) is 16.2 Å². The Balaban J connectivity index is 2.70. The van der Waals surface area contributed by atoms with Crippen LogP contribution in [0.4, 0.5) is 13.2 Å².